The first-order chi connectivity index (χ1) is 20.0. The molecule has 1 atom stereocenters. The number of ether oxygens (including phenoxy) is 5. The van der Waals surface area contributed by atoms with Gasteiger partial charge in [-0.2, -0.15) is 0 Å². The Morgan fingerprint density at radius 2 is 1.46 bits per heavy atom. The Kier molecular flexibility index (Phi) is 8.70. The summed E-state index contributed by atoms with van der Waals surface area (Å²) in [4.78, 5) is 18.2. The Bertz CT molecular complexity index is 1660. The van der Waals surface area contributed by atoms with Crippen molar-refractivity contribution in [2.75, 3.05) is 21.3 Å². The van der Waals surface area contributed by atoms with Crippen LogP contribution in [0.1, 0.15) is 33.3 Å². The highest BCUT2D eigenvalue weighted by molar-refractivity contribution is 9.10. The summed E-state index contributed by atoms with van der Waals surface area (Å²) in [5, 5.41) is 1.51. The molecule has 0 aliphatic carbocycles. The second-order valence-corrected chi connectivity index (χ2v) is 9.90. The lowest BCUT2D eigenvalue weighted by Crippen LogP contribution is -2.16. The summed E-state index contributed by atoms with van der Waals surface area (Å²) in [6.45, 7) is 0.305. The quantitative estimate of drug-likeness (QED) is 0.150. The Balaban J connectivity index is 1.71. The fourth-order valence-electron chi connectivity index (χ4n) is 4.56. The number of carbonyl (C=O) groups is 1. The van der Waals surface area contributed by atoms with Crippen molar-refractivity contribution in [1.29, 1.82) is 0 Å². The molecule has 0 saturated carbocycles. The van der Waals surface area contributed by atoms with E-state index in [2.05, 4.69) is 15.9 Å². The summed E-state index contributed by atoms with van der Waals surface area (Å²) in [5.74, 6) is 1.52. The average Bonchev–Trinajstić information content (AvgIpc) is 3.02. The van der Waals surface area contributed by atoms with Crippen molar-refractivity contribution in [2.24, 2.45) is 0 Å². The fraction of sp³-hybridized carbons (Fsp3) is 0.152. The number of aromatic nitrogens is 1. The molecule has 5 aromatic rings. The molecule has 41 heavy (non-hydrogen) atoms. The minimum absolute atomic E-state index is 0.305. The topological polar surface area (TPSA) is 76.1 Å². The van der Waals surface area contributed by atoms with E-state index in [-0.39, 0.29) is 0 Å². The van der Waals surface area contributed by atoms with Crippen molar-refractivity contribution < 1.29 is 28.5 Å². The predicted octanol–water partition coefficient (Wildman–Crippen LogP) is 7.55. The van der Waals surface area contributed by atoms with Crippen molar-refractivity contribution in [3.63, 3.8) is 0 Å². The van der Waals surface area contributed by atoms with Crippen LogP contribution in [0.15, 0.2) is 102 Å². The number of nitrogens with zero attached hydrogens (tertiary/aromatic N) is 1. The fourth-order valence-corrected chi connectivity index (χ4v) is 5.09. The Labute approximate surface area is 246 Å². The van der Waals surface area contributed by atoms with Gasteiger partial charge in [-0.05, 0) is 47.3 Å². The maximum Gasteiger partial charge on any atom is 0.339 e. The zero-order valence-corrected chi connectivity index (χ0v) is 24.4. The molecular weight excluding hydrogens is 586 g/mol. The lowest BCUT2D eigenvalue weighted by molar-refractivity contribution is 0.0371. The molecule has 0 amide bonds. The molecule has 0 bridgehead atoms. The summed E-state index contributed by atoms with van der Waals surface area (Å²) in [6, 6.07) is 27.9. The molecule has 0 saturated heterocycles. The number of halogens is 1. The summed E-state index contributed by atoms with van der Waals surface area (Å²) >= 11 is 3.66. The van der Waals surface area contributed by atoms with Crippen molar-refractivity contribution in [2.45, 2.75) is 12.7 Å². The third-order valence-corrected chi connectivity index (χ3v) is 7.28. The van der Waals surface area contributed by atoms with E-state index >= 15 is 0 Å². The molecule has 8 heteroatoms. The largest absolute Gasteiger partial charge is 0.493 e. The highest BCUT2D eigenvalue weighted by atomic mass is 79.9. The number of rotatable bonds is 10. The van der Waals surface area contributed by atoms with Crippen LogP contribution in [-0.4, -0.2) is 32.3 Å². The molecule has 7 nitrogen and oxygen atoms in total. The molecule has 0 aliphatic rings. The monoisotopic (exact) mass is 613 g/mol. The van der Waals surface area contributed by atoms with Gasteiger partial charge in [0.1, 0.15) is 6.61 Å². The molecular formula is C33H28BrNO6. The number of fused-ring (bicyclic) bond motifs is 1. The van der Waals surface area contributed by atoms with E-state index in [1.54, 1.807) is 63.9 Å². The second-order valence-electron chi connectivity index (χ2n) is 9.05. The van der Waals surface area contributed by atoms with Gasteiger partial charge in [-0.25, -0.2) is 4.79 Å². The third kappa shape index (κ3) is 5.98. The SMILES string of the molecule is COc1cc(Br)c(C(OC(=O)c2ccccc2)c2nccc3ccc(OC)c(OCc4ccccc4)c23)cc1OC. The molecule has 0 N–H and O–H groups in total. The normalized spacial score (nSPS) is 11.5. The van der Waals surface area contributed by atoms with E-state index < -0.39 is 12.1 Å². The highest BCUT2D eigenvalue weighted by Crippen LogP contribution is 2.44. The first-order valence-electron chi connectivity index (χ1n) is 12.8. The van der Waals surface area contributed by atoms with Crippen LogP contribution in [0.4, 0.5) is 0 Å². The number of hydrogen-bond acceptors (Lipinski definition) is 7. The molecule has 1 aromatic heterocycles. The van der Waals surface area contributed by atoms with Gasteiger partial charge in [-0.1, -0.05) is 70.5 Å². The van der Waals surface area contributed by atoms with E-state index in [9.17, 15) is 4.79 Å². The van der Waals surface area contributed by atoms with Crippen LogP contribution in [0.25, 0.3) is 10.8 Å². The van der Waals surface area contributed by atoms with Crippen molar-refractivity contribution in [3.05, 3.63) is 124 Å². The number of benzene rings is 4. The van der Waals surface area contributed by atoms with Crippen molar-refractivity contribution >= 4 is 32.7 Å². The third-order valence-electron chi connectivity index (χ3n) is 6.59. The maximum absolute atomic E-state index is 13.5. The van der Waals surface area contributed by atoms with Gasteiger partial charge in [0.2, 0.25) is 0 Å². The molecule has 0 aliphatic heterocycles. The zero-order valence-electron chi connectivity index (χ0n) is 22.8. The molecule has 0 radical (unpaired) electrons. The number of pyridine rings is 1. The Morgan fingerprint density at radius 1 is 0.805 bits per heavy atom. The van der Waals surface area contributed by atoms with Crippen LogP contribution in [0.5, 0.6) is 23.0 Å². The first kappa shape index (κ1) is 28.0. The average molecular weight is 614 g/mol. The lowest BCUT2D eigenvalue weighted by Gasteiger charge is -2.23. The van der Waals surface area contributed by atoms with Gasteiger partial charge in [-0.15, -0.1) is 0 Å². The Morgan fingerprint density at radius 3 is 2.15 bits per heavy atom. The van der Waals surface area contributed by atoms with Crippen molar-refractivity contribution in [3.8, 4) is 23.0 Å². The van der Waals surface area contributed by atoms with Crippen LogP contribution >= 0.6 is 15.9 Å². The van der Waals surface area contributed by atoms with Gasteiger partial charge in [0, 0.05) is 16.2 Å². The van der Waals surface area contributed by atoms with Crippen LogP contribution in [0, 0.1) is 0 Å². The second kappa shape index (κ2) is 12.7. The number of esters is 1. The molecule has 0 fully saturated rings. The van der Waals surface area contributed by atoms with Gasteiger partial charge in [0.25, 0.3) is 0 Å². The van der Waals surface area contributed by atoms with Gasteiger partial charge in [0.15, 0.2) is 29.1 Å². The van der Waals surface area contributed by atoms with E-state index in [0.29, 0.717) is 56.3 Å². The van der Waals surface area contributed by atoms with Crippen LogP contribution in [0.2, 0.25) is 0 Å². The minimum Gasteiger partial charge on any atom is -0.493 e. The van der Waals surface area contributed by atoms with E-state index in [4.69, 9.17) is 28.7 Å². The molecule has 1 heterocycles. The number of hydrogen-bond donors (Lipinski definition) is 0. The molecule has 1 unspecified atom stereocenters. The zero-order chi connectivity index (χ0) is 28.8. The maximum atomic E-state index is 13.5. The van der Waals surface area contributed by atoms with Gasteiger partial charge < -0.3 is 23.7 Å². The standard InChI is InChI=1S/C33H28BrNO6/c1-37-26-15-14-22-16-17-35-30(29(22)32(26)40-20-21-10-6-4-7-11-21)31(41-33(36)23-12-8-5-9-13-23)24-18-27(38-2)28(39-3)19-25(24)34/h4-19,31H,20H2,1-3H3. The van der Waals surface area contributed by atoms with Crippen LogP contribution < -0.4 is 18.9 Å². The van der Waals surface area contributed by atoms with Gasteiger partial charge in [-0.3, -0.25) is 4.98 Å². The van der Waals surface area contributed by atoms with E-state index in [1.807, 2.05) is 54.6 Å². The van der Waals surface area contributed by atoms with Crippen LogP contribution in [0.3, 0.4) is 0 Å². The summed E-state index contributed by atoms with van der Waals surface area (Å²) in [7, 11) is 4.70. The Hall–Kier alpha value is -4.56. The molecule has 4 aromatic carbocycles. The molecule has 208 valence electrons. The summed E-state index contributed by atoms with van der Waals surface area (Å²) in [6.07, 6.45) is 0.732. The smallest absolute Gasteiger partial charge is 0.339 e. The highest BCUT2D eigenvalue weighted by Gasteiger charge is 2.29. The van der Waals surface area contributed by atoms with Gasteiger partial charge in [0.05, 0.1) is 38.0 Å². The van der Waals surface area contributed by atoms with Crippen LogP contribution in [-0.2, 0) is 11.3 Å². The lowest BCUT2D eigenvalue weighted by atomic mass is 9.99. The first-order valence-corrected chi connectivity index (χ1v) is 13.6. The number of methoxy groups -OCH3 is 3. The minimum atomic E-state index is -0.952. The van der Waals surface area contributed by atoms with Gasteiger partial charge >= 0.3 is 5.97 Å². The summed E-state index contributed by atoms with van der Waals surface area (Å²) in [5.41, 5.74) is 2.49. The van der Waals surface area contributed by atoms with Crippen molar-refractivity contribution in [1.82, 2.24) is 4.98 Å². The summed E-state index contributed by atoms with van der Waals surface area (Å²) < 4.78 is 30.1. The predicted molar refractivity (Wildman–Crippen MR) is 160 cm³/mol. The van der Waals surface area contributed by atoms with E-state index in [1.165, 1.54) is 0 Å². The van der Waals surface area contributed by atoms with E-state index in [0.717, 1.165) is 10.9 Å². The molecule has 0 spiro atoms. The molecule has 5 rings (SSSR count). The number of carbonyl (C=O) groups excluding carboxylic acids is 1.